The molecule has 5 nitrogen and oxygen atoms in total. The lowest BCUT2D eigenvalue weighted by Gasteiger charge is -2.31. The number of ether oxygens (including phenoxy) is 1. The Kier molecular flexibility index (Phi) is 4.24. The van der Waals surface area contributed by atoms with E-state index in [2.05, 4.69) is 4.98 Å². The van der Waals surface area contributed by atoms with Crippen molar-refractivity contribution >= 4 is 16.8 Å². The van der Waals surface area contributed by atoms with Crippen molar-refractivity contribution in [2.45, 2.75) is 25.9 Å². The maximum atomic E-state index is 12.6. The zero-order valence-electron chi connectivity index (χ0n) is 12.7. The first kappa shape index (κ1) is 14.8. The molecule has 1 aromatic carbocycles. The van der Waals surface area contributed by atoms with E-state index in [-0.39, 0.29) is 23.1 Å². The minimum atomic E-state index is -0.323. The van der Waals surface area contributed by atoms with Crippen molar-refractivity contribution in [1.29, 1.82) is 0 Å². The molecule has 1 aliphatic rings. The first-order valence-electron chi connectivity index (χ1n) is 7.72. The summed E-state index contributed by atoms with van der Waals surface area (Å²) in [6, 6.07) is 9.16. The number of hydrogen-bond donors (Lipinski definition) is 1. The number of piperidine rings is 1. The van der Waals surface area contributed by atoms with Gasteiger partial charge >= 0.3 is 0 Å². The second kappa shape index (κ2) is 6.32. The molecule has 0 unspecified atom stereocenters. The molecule has 22 heavy (non-hydrogen) atoms. The van der Waals surface area contributed by atoms with Crippen LogP contribution in [0.15, 0.2) is 35.1 Å². The quantitative estimate of drug-likeness (QED) is 0.945. The topological polar surface area (TPSA) is 62.4 Å². The van der Waals surface area contributed by atoms with Gasteiger partial charge in [0.1, 0.15) is 5.56 Å². The summed E-state index contributed by atoms with van der Waals surface area (Å²) >= 11 is 0. The number of hydrogen-bond acceptors (Lipinski definition) is 3. The third kappa shape index (κ3) is 2.90. The molecule has 2 aromatic rings. The predicted octanol–water partition coefficient (Wildman–Crippen LogP) is 2.17. The number of likely N-dealkylation sites (tertiary alicyclic amines) is 1. The van der Waals surface area contributed by atoms with E-state index < -0.39 is 0 Å². The van der Waals surface area contributed by atoms with Gasteiger partial charge in [-0.05, 0) is 37.3 Å². The van der Waals surface area contributed by atoms with Gasteiger partial charge in [0.25, 0.3) is 11.5 Å². The third-order valence-corrected chi connectivity index (χ3v) is 4.12. The predicted molar refractivity (Wildman–Crippen MR) is 85.1 cm³/mol. The molecule has 1 N–H and O–H groups in total. The summed E-state index contributed by atoms with van der Waals surface area (Å²) in [4.78, 5) is 29.3. The van der Waals surface area contributed by atoms with Crippen molar-refractivity contribution < 1.29 is 9.53 Å². The summed E-state index contributed by atoms with van der Waals surface area (Å²) in [5, 5.41) is 0.870. The number of pyridine rings is 1. The normalized spacial score (nSPS) is 16.1. The maximum absolute atomic E-state index is 12.6. The van der Waals surface area contributed by atoms with Crippen LogP contribution >= 0.6 is 0 Å². The number of amides is 1. The molecule has 0 spiro atoms. The molecule has 1 fully saturated rings. The van der Waals surface area contributed by atoms with Crippen LogP contribution in [-0.4, -0.2) is 41.6 Å². The van der Waals surface area contributed by atoms with Gasteiger partial charge in [0.05, 0.1) is 6.10 Å². The molecule has 3 rings (SSSR count). The van der Waals surface area contributed by atoms with Gasteiger partial charge in [-0.15, -0.1) is 0 Å². The van der Waals surface area contributed by atoms with Gasteiger partial charge in [-0.25, -0.2) is 0 Å². The highest BCUT2D eigenvalue weighted by atomic mass is 16.5. The molecule has 2 heterocycles. The summed E-state index contributed by atoms with van der Waals surface area (Å²) in [6.45, 7) is 3.95. The highest BCUT2D eigenvalue weighted by Gasteiger charge is 2.25. The lowest BCUT2D eigenvalue weighted by atomic mass is 10.1. The molecule has 0 radical (unpaired) electrons. The molecule has 116 valence electrons. The van der Waals surface area contributed by atoms with E-state index >= 15 is 0 Å². The third-order valence-electron chi connectivity index (χ3n) is 4.12. The van der Waals surface area contributed by atoms with Gasteiger partial charge in [0, 0.05) is 25.2 Å². The fourth-order valence-corrected chi connectivity index (χ4v) is 2.94. The SMILES string of the molecule is CCOC1CCN(C(=O)c2cc3ccccc3[nH]c2=O)CC1. The number of rotatable bonds is 3. The Morgan fingerprint density at radius 1 is 1.32 bits per heavy atom. The van der Waals surface area contributed by atoms with Crippen molar-refractivity contribution in [3.05, 3.63) is 46.2 Å². The van der Waals surface area contributed by atoms with E-state index in [1.807, 2.05) is 31.2 Å². The number of nitrogens with one attached hydrogen (secondary N) is 1. The highest BCUT2D eigenvalue weighted by molar-refractivity contribution is 5.97. The van der Waals surface area contributed by atoms with E-state index in [1.165, 1.54) is 0 Å². The van der Waals surface area contributed by atoms with Crippen molar-refractivity contribution in [2.24, 2.45) is 0 Å². The zero-order chi connectivity index (χ0) is 15.5. The van der Waals surface area contributed by atoms with Gasteiger partial charge in [-0.1, -0.05) is 18.2 Å². The molecule has 1 aromatic heterocycles. The Balaban J connectivity index is 1.81. The summed E-state index contributed by atoms with van der Waals surface area (Å²) in [7, 11) is 0. The number of H-pyrrole nitrogens is 1. The van der Waals surface area contributed by atoms with E-state index in [9.17, 15) is 9.59 Å². The average molecular weight is 300 g/mol. The molecule has 0 bridgehead atoms. The zero-order valence-corrected chi connectivity index (χ0v) is 12.7. The maximum Gasteiger partial charge on any atom is 0.261 e. The Morgan fingerprint density at radius 3 is 2.77 bits per heavy atom. The molecule has 0 aliphatic carbocycles. The Hall–Kier alpha value is -2.14. The lowest BCUT2D eigenvalue weighted by Crippen LogP contribution is -2.42. The Labute approximate surface area is 128 Å². The largest absolute Gasteiger partial charge is 0.378 e. The van der Waals surface area contributed by atoms with Crippen molar-refractivity contribution in [2.75, 3.05) is 19.7 Å². The van der Waals surface area contributed by atoms with Gasteiger partial charge in [-0.2, -0.15) is 0 Å². The highest BCUT2D eigenvalue weighted by Crippen LogP contribution is 2.17. The Morgan fingerprint density at radius 2 is 2.05 bits per heavy atom. The fraction of sp³-hybridized carbons (Fsp3) is 0.412. The van der Waals surface area contributed by atoms with Crippen LogP contribution in [0.4, 0.5) is 0 Å². The van der Waals surface area contributed by atoms with Crippen LogP contribution in [0, 0.1) is 0 Å². The summed E-state index contributed by atoms with van der Waals surface area (Å²) in [5.41, 5.74) is 0.642. The molecule has 1 saturated heterocycles. The van der Waals surface area contributed by atoms with E-state index in [4.69, 9.17) is 4.74 Å². The minimum absolute atomic E-state index is 0.193. The molecule has 0 saturated carbocycles. The fourth-order valence-electron chi connectivity index (χ4n) is 2.94. The number of carbonyl (C=O) groups is 1. The van der Waals surface area contributed by atoms with Crippen LogP contribution in [0.25, 0.3) is 10.9 Å². The van der Waals surface area contributed by atoms with E-state index in [0.29, 0.717) is 19.7 Å². The number of benzene rings is 1. The van der Waals surface area contributed by atoms with Gasteiger partial charge in [0.2, 0.25) is 0 Å². The van der Waals surface area contributed by atoms with Crippen LogP contribution in [0.3, 0.4) is 0 Å². The number of nitrogens with zero attached hydrogens (tertiary/aromatic N) is 1. The van der Waals surface area contributed by atoms with Crippen molar-refractivity contribution in [3.63, 3.8) is 0 Å². The van der Waals surface area contributed by atoms with Crippen LogP contribution in [0.1, 0.15) is 30.1 Å². The second-order valence-electron chi connectivity index (χ2n) is 5.55. The van der Waals surface area contributed by atoms with Crippen LogP contribution in [0.5, 0.6) is 0 Å². The first-order chi connectivity index (χ1) is 10.7. The standard InChI is InChI=1S/C17H20N2O3/c1-2-22-13-7-9-19(10-8-13)17(21)14-11-12-5-3-4-6-15(12)18-16(14)20/h3-6,11,13H,2,7-10H2,1H3,(H,18,20). The van der Waals surface area contributed by atoms with Gasteiger partial charge in [0.15, 0.2) is 0 Å². The average Bonchev–Trinajstić information content (AvgIpc) is 2.54. The summed E-state index contributed by atoms with van der Waals surface area (Å²) in [5.74, 6) is -0.193. The monoisotopic (exact) mass is 300 g/mol. The van der Waals surface area contributed by atoms with E-state index in [0.717, 1.165) is 23.7 Å². The molecular formula is C17H20N2O3. The smallest absolute Gasteiger partial charge is 0.261 e. The van der Waals surface area contributed by atoms with Crippen LogP contribution in [-0.2, 0) is 4.74 Å². The molecular weight excluding hydrogens is 280 g/mol. The number of carbonyl (C=O) groups excluding carboxylic acids is 1. The van der Waals surface area contributed by atoms with Crippen molar-refractivity contribution in [1.82, 2.24) is 9.88 Å². The number of para-hydroxylation sites is 1. The molecule has 0 atom stereocenters. The Bertz CT molecular complexity index is 730. The van der Waals surface area contributed by atoms with Crippen LogP contribution in [0.2, 0.25) is 0 Å². The first-order valence-corrected chi connectivity index (χ1v) is 7.72. The summed E-state index contributed by atoms with van der Waals surface area (Å²) < 4.78 is 5.59. The molecule has 5 heteroatoms. The summed E-state index contributed by atoms with van der Waals surface area (Å²) in [6.07, 6.45) is 1.87. The molecule has 1 amide bonds. The minimum Gasteiger partial charge on any atom is -0.378 e. The second-order valence-corrected chi connectivity index (χ2v) is 5.55. The van der Waals surface area contributed by atoms with E-state index in [1.54, 1.807) is 11.0 Å². The van der Waals surface area contributed by atoms with Crippen LogP contribution < -0.4 is 5.56 Å². The number of aromatic nitrogens is 1. The lowest BCUT2D eigenvalue weighted by molar-refractivity contribution is 0.0145. The number of aromatic amines is 1. The number of fused-ring (bicyclic) bond motifs is 1. The van der Waals surface area contributed by atoms with Crippen molar-refractivity contribution in [3.8, 4) is 0 Å². The van der Waals surface area contributed by atoms with Gasteiger partial charge in [-0.3, -0.25) is 9.59 Å². The molecule has 1 aliphatic heterocycles. The van der Waals surface area contributed by atoms with Gasteiger partial charge < -0.3 is 14.6 Å².